The van der Waals surface area contributed by atoms with Crippen LogP contribution in [0.4, 0.5) is 4.79 Å². The predicted molar refractivity (Wildman–Crippen MR) is 79.5 cm³/mol. The van der Waals surface area contributed by atoms with E-state index in [9.17, 15) is 13.2 Å². The average molecular weight is 326 g/mol. The van der Waals surface area contributed by atoms with E-state index < -0.39 is 14.7 Å². The topological polar surface area (TPSA) is 63.7 Å². The van der Waals surface area contributed by atoms with Crippen LogP contribution >= 0.6 is 10.7 Å². The first-order chi connectivity index (χ1) is 8.93. The number of likely N-dealkylation sites (tertiary alicyclic amines) is 1. The Bertz CT molecular complexity index is 457. The first-order valence-corrected chi connectivity index (χ1v) is 9.34. The highest BCUT2D eigenvalue weighted by atomic mass is 35.7. The summed E-state index contributed by atoms with van der Waals surface area (Å²) in [6.07, 6.45) is 2.49. The molecule has 1 atom stereocenters. The molecule has 0 spiro atoms. The highest BCUT2D eigenvalue weighted by Gasteiger charge is 2.41. The summed E-state index contributed by atoms with van der Waals surface area (Å²) in [7, 11) is 1.75. The fraction of sp³-hybridized carbons (Fsp3) is 0.923. The number of carbonyl (C=O) groups excluding carboxylic acids is 1. The number of nitrogens with zero attached hydrogens (tertiary/aromatic N) is 1. The van der Waals surface area contributed by atoms with Gasteiger partial charge in [-0.25, -0.2) is 13.2 Å². The molecule has 0 saturated carbocycles. The van der Waals surface area contributed by atoms with E-state index in [4.69, 9.17) is 15.4 Å². The van der Waals surface area contributed by atoms with Gasteiger partial charge < -0.3 is 9.64 Å². The Hall–Kier alpha value is -0.490. The number of amides is 1. The van der Waals surface area contributed by atoms with Crippen molar-refractivity contribution in [3.8, 4) is 0 Å². The molecule has 1 rings (SSSR count). The zero-order valence-electron chi connectivity index (χ0n) is 12.6. The van der Waals surface area contributed by atoms with E-state index in [-0.39, 0.29) is 17.4 Å². The lowest BCUT2D eigenvalue weighted by Gasteiger charge is -2.36. The predicted octanol–water partition coefficient (Wildman–Crippen LogP) is 3.12. The van der Waals surface area contributed by atoms with Crippen LogP contribution in [0.25, 0.3) is 0 Å². The van der Waals surface area contributed by atoms with Crippen molar-refractivity contribution in [3.63, 3.8) is 0 Å². The Morgan fingerprint density at radius 1 is 1.40 bits per heavy atom. The summed E-state index contributed by atoms with van der Waals surface area (Å²) < 4.78 is 27.4. The second-order valence-corrected chi connectivity index (χ2v) is 9.48. The fourth-order valence-corrected chi connectivity index (χ4v) is 3.35. The Morgan fingerprint density at radius 3 is 2.50 bits per heavy atom. The van der Waals surface area contributed by atoms with Crippen molar-refractivity contribution in [1.29, 1.82) is 0 Å². The molecule has 20 heavy (non-hydrogen) atoms. The van der Waals surface area contributed by atoms with Crippen molar-refractivity contribution in [2.75, 3.05) is 12.3 Å². The maximum Gasteiger partial charge on any atom is 0.410 e. The van der Waals surface area contributed by atoms with Crippen molar-refractivity contribution in [2.45, 2.75) is 64.5 Å². The van der Waals surface area contributed by atoms with Crippen LogP contribution in [0.2, 0.25) is 0 Å². The van der Waals surface area contributed by atoms with Gasteiger partial charge in [0.25, 0.3) is 0 Å². The Labute approximate surface area is 126 Å². The molecule has 1 fully saturated rings. The van der Waals surface area contributed by atoms with Gasteiger partial charge in [0, 0.05) is 22.8 Å². The molecule has 0 radical (unpaired) electrons. The van der Waals surface area contributed by atoms with Gasteiger partial charge in [0.2, 0.25) is 9.05 Å². The largest absolute Gasteiger partial charge is 0.444 e. The SMILES string of the molecule is CC(C)(C)OC(=O)N1CCCC1(C)CCCS(=O)(=O)Cl. The molecule has 0 aliphatic carbocycles. The zero-order chi connectivity index (χ0) is 15.6. The molecule has 5 nitrogen and oxygen atoms in total. The molecule has 0 N–H and O–H groups in total. The first kappa shape index (κ1) is 17.6. The van der Waals surface area contributed by atoms with Gasteiger partial charge in [-0.2, -0.15) is 0 Å². The average Bonchev–Trinajstić information content (AvgIpc) is 2.55. The van der Waals surface area contributed by atoms with Gasteiger partial charge in [0.05, 0.1) is 5.75 Å². The van der Waals surface area contributed by atoms with Crippen LogP contribution in [-0.2, 0) is 13.8 Å². The van der Waals surface area contributed by atoms with Crippen molar-refractivity contribution < 1.29 is 17.9 Å². The molecular weight excluding hydrogens is 302 g/mol. The van der Waals surface area contributed by atoms with Crippen molar-refractivity contribution in [3.05, 3.63) is 0 Å². The minimum absolute atomic E-state index is 0.0632. The van der Waals surface area contributed by atoms with E-state index in [0.29, 0.717) is 19.4 Å². The third kappa shape index (κ3) is 5.48. The standard InChI is InChI=1S/C13H24ClNO4S/c1-12(2,3)19-11(16)15-9-5-7-13(15,4)8-6-10-20(14,17)18/h5-10H2,1-4H3. The van der Waals surface area contributed by atoms with Gasteiger partial charge in [0.15, 0.2) is 0 Å². The smallest absolute Gasteiger partial charge is 0.410 e. The number of halogens is 1. The fourth-order valence-electron chi connectivity index (χ4n) is 2.54. The number of hydrogen-bond donors (Lipinski definition) is 0. The second kappa shape index (κ2) is 6.10. The molecule has 7 heteroatoms. The van der Waals surface area contributed by atoms with Crippen LogP contribution in [0.1, 0.15) is 53.4 Å². The number of ether oxygens (including phenoxy) is 1. The second-order valence-electron chi connectivity index (χ2n) is 6.58. The maximum atomic E-state index is 12.2. The molecule has 0 aromatic rings. The molecule has 1 aliphatic heterocycles. The van der Waals surface area contributed by atoms with E-state index >= 15 is 0 Å². The van der Waals surface area contributed by atoms with Crippen molar-refractivity contribution in [2.24, 2.45) is 0 Å². The Morgan fingerprint density at radius 2 is 2.00 bits per heavy atom. The molecule has 1 amide bonds. The summed E-state index contributed by atoms with van der Waals surface area (Å²) in [6.45, 7) is 8.12. The monoisotopic (exact) mass is 325 g/mol. The lowest BCUT2D eigenvalue weighted by Crippen LogP contribution is -2.47. The molecule has 0 bridgehead atoms. The minimum Gasteiger partial charge on any atom is -0.444 e. The lowest BCUT2D eigenvalue weighted by atomic mass is 9.93. The van der Waals surface area contributed by atoms with Crippen molar-refractivity contribution >= 4 is 25.8 Å². The molecule has 1 saturated heterocycles. The van der Waals surface area contributed by atoms with Gasteiger partial charge in [-0.3, -0.25) is 0 Å². The molecular formula is C13H24ClNO4S. The van der Waals surface area contributed by atoms with E-state index in [0.717, 1.165) is 12.8 Å². The normalized spacial score (nSPS) is 23.9. The summed E-state index contributed by atoms with van der Waals surface area (Å²) in [4.78, 5) is 13.9. The Kier molecular flexibility index (Phi) is 5.35. The van der Waals surface area contributed by atoms with Crippen LogP contribution < -0.4 is 0 Å². The van der Waals surface area contributed by atoms with E-state index in [1.165, 1.54) is 0 Å². The van der Waals surface area contributed by atoms with Gasteiger partial charge in [-0.05, 0) is 53.4 Å². The van der Waals surface area contributed by atoms with Crippen LogP contribution in [0.15, 0.2) is 0 Å². The van der Waals surface area contributed by atoms with E-state index in [1.807, 2.05) is 27.7 Å². The minimum atomic E-state index is -3.47. The highest BCUT2D eigenvalue weighted by Crippen LogP contribution is 2.34. The van der Waals surface area contributed by atoms with E-state index in [2.05, 4.69) is 0 Å². The lowest BCUT2D eigenvalue weighted by molar-refractivity contribution is 0.00933. The Balaban J connectivity index is 2.65. The van der Waals surface area contributed by atoms with Gasteiger partial charge >= 0.3 is 6.09 Å². The van der Waals surface area contributed by atoms with Gasteiger partial charge in [0.1, 0.15) is 5.60 Å². The number of hydrogen-bond acceptors (Lipinski definition) is 4. The van der Waals surface area contributed by atoms with E-state index in [1.54, 1.807) is 4.90 Å². The summed E-state index contributed by atoms with van der Waals surface area (Å²) in [6, 6.07) is 0. The first-order valence-electron chi connectivity index (χ1n) is 6.86. The summed E-state index contributed by atoms with van der Waals surface area (Å²) >= 11 is 0. The summed E-state index contributed by atoms with van der Waals surface area (Å²) in [5.41, 5.74) is -0.871. The molecule has 0 aromatic heterocycles. The third-order valence-corrected chi connectivity index (χ3v) is 4.71. The maximum absolute atomic E-state index is 12.2. The molecule has 118 valence electrons. The molecule has 1 unspecified atom stereocenters. The zero-order valence-corrected chi connectivity index (χ0v) is 14.2. The van der Waals surface area contributed by atoms with Gasteiger partial charge in [-0.1, -0.05) is 0 Å². The molecule has 0 aromatic carbocycles. The van der Waals surface area contributed by atoms with Crippen LogP contribution in [0, 0.1) is 0 Å². The summed E-state index contributed by atoms with van der Waals surface area (Å²) in [5, 5.41) is 0. The van der Waals surface area contributed by atoms with Crippen LogP contribution in [0.5, 0.6) is 0 Å². The number of carbonyl (C=O) groups is 1. The summed E-state index contributed by atoms with van der Waals surface area (Å²) in [5.74, 6) is -0.0632. The highest BCUT2D eigenvalue weighted by molar-refractivity contribution is 8.13. The number of rotatable bonds is 4. The van der Waals surface area contributed by atoms with Crippen molar-refractivity contribution in [1.82, 2.24) is 4.90 Å². The van der Waals surface area contributed by atoms with Gasteiger partial charge in [-0.15, -0.1) is 0 Å². The molecule has 1 heterocycles. The van der Waals surface area contributed by atoms with Crippen LogP contribution in [-0.4, -0.2) is 42.8 Å². The quantitative estimate of drug-likeness (QED) is 0.745. The third-order valence-electron chi connectivity index (χ3n) is 3.47. The van der Waals surface area contributed by atoms with Crippen LogP contribution in [0.3, 0.4) is 0 Å². The molecule has 1 aliphatic rings.